The fourth-order valence-electron chi connectivity index (χ4n) is 2.42. The van der Waals surface area contributed by atoms with Gasteiger partial charge in [0.25, 0.3) is 0 Å². The standard InChI is InChI=1S/C17H20O4/c1-3-12(8-9-20-2)13-4-5-14-10-15(6-7-17(18)19)21-16(14)11-13/h4-7,10-12H,3,8-9H2,1-2H3,(H,18,19)/b7-6+. The Kier molecular flexibility index (Phi) is 5.17. The molecule has 0 spiro atoms. The van der Waals surface area contributed by atoms with Gasteiger partial charge in [0.15, 0.2) is 0 Å². The number of furan rings is 1. The van der Waals surface area contributed by atoms with Gasteiger partial charge in [-0.1, -0.05) is 19.1 Å². The molecule has 0 bridgehead atoms. The van der Waals surface area contributed by atoms with Gasteiger partial charge in [-0.05, 0) is 42.5 Å². The summed E-state index contributed by atoms with van der Waals surface area (Å²) in [5.74, 6) is 0.00806. The molecular formula is C17H20O4. The molecule has 4 nitrogen and oxygen atoms in total. The van der Waals surface area contributed by atoms with Crippen molar-refractivity contribution in [3.8, 4) is 0 Å². The van der Waals surface area contributed by atoms with Gasteiger partial charge >= 0.3 is 5.97 Å². The predicted molar refractivity (Wildman–Crippen MR) is 82.4 cm³/mol. The van der Waals surface area contributed by atoms with E-state index in [0.717, 1.165) is 36.5 Å². The molecule has 0 saturated carbocycles. The first-order valence-corrected chi connectivity index (χ1v) is 7.07. The van der Waals surface area contributed by atoms with Gasteiger partial charge in [-0.3, -0.25) is 0 Å². The highest BCUT2D eigenvalue weighted by atomic mass is 16.5. The average molecular weight is 288 g/mol. The molecular weight excluding hydrogens is 268 g/mol. The minimum Gasteiger partial charge on any atom is -0.478 e. The maximum Gasteiger partial charge on any atom is 0.328 e. The number of ether oxygens (including phenoxy) is 1. The van der Waals surface area contributed by atoms with Crippen molar-refractivity contribution in [1.82, 2.24) is 0 Å². The van der Waals surface area contributed by atoms with E-state index in [1.54, 1.807) is 7.11 Å². The maximum absolute atomic E-state index is 10.5. The first kappa shape index (κ1) is 15.3. The topological polar surface area (TPSA) is 59.7 Å². The molecule has 1 unspecified atom stereocenters. The summed E-state index contributed by atoms with van der Waals surface area (Å²) in [5.41, 5.74) is 2.01. The highest BCUT2D eigenvalue weighted by Gasteiger charge is 2.11. The van der Waals surface area contributed by atoms with Gasteiger partial charge in [-0.25, -0.2) is 4.79 Å². The van der Waals surface area contributed by atoms with Crippen LogP contribution in [0.1, 0.15) is 37.0 Å². The van der Waals surface area contributed by atoms with Gasteiger partial charge in [-0.15, -0.1) is 0 Å². The van der Waals surface area contributed by atoms with Crippen LogP contribution in [0.4, 0.5) is 0 Å². The number of methoxy groups -OCH3 is 1. The lowest BCUT2D eigenvalue weighted by Gasteiger charge is -2.14. The number of hydrogen-bond donors (Lipinski definition) is 1. The molecule has 4 heteroatoms. The lowest BCUT2D eigenvalue weighted by Crippen LogP contribution is -2.01. The zero-order valence-corrected chi connectivity index (χ0v) is 12.3. The number of rotatable bonds is 7. The third-order valence-electron chi connectivity index (χ3n) is 3.59. The molecule has 1 atom stereocenters. The zero-order valence-electron chi connectivity index (χ0n) is 12.3. The highest BCUT2D eigenvalue weighted by molar-refractivity contribution is 5.87. The van der Waals surface area contributed by atoms with Crippen LogP contribution < -0.4 is 0 Å². The van der Waals surface area contributed by atoms with Gasteiger partial charge in [0.2, 0.25) is 0 Å². The quantitative estimate of drug-likeness (QED) is 0.780. The Morgan fingerprint density at radius 2 is 2.24 bits per heavy atom. The molecule has 1 aromatic heterocycles. The molecule has 0 saturated heterocycles. The molecule has 1 N–H and O–H groups in total. The molecule has 21 heavy (non-hydrogen) atoms. The number of hydrogen-bond acceptors (Lipinski definition) is 3. The predicted octanol–water partition coefficient (Wildman–Crippen LogP) is 4.06. The van der Waals surface area contributed by atoms with Crippen LogP contribution in [0.2, 0.25) is 0 Å². The molecule has 112 valence electrons. The molecule has 0 radical (unpaired) electrons. The molecule has 0 aliphatic carbocycles. The van der Waals surface area contributed by atoms with Crippen molar-refractivity contribution in [1.29, 1.82) is 0 Å². The van der Waals surface area contributed by atoms with Crippen LogP contribution in [-0.2, 0) is 9.53 Å². The summed E-state index contributed by atoms with van der Waals surface area (Å²) < 4.78 is 10.8. The first-order valence-electron chi connectivity index (χ1n) is 7.07. The Balaban J connectivity index is 2.26. The molecule has 2 aromatic rings. The van der Waals surface area contributed by atoms with Crippen molar-refractivity contribution in [3.63, 3.8) is 0 Å². The van der Waals surface area contributed by atoms with Crippen molar-refractivity contribution < 1.29 is 19.1 Å². The Morgan fingerprint density at radius 3 is 2.90 bits per heavy atom. The molecule has 1 heterocycles. The SMILES string of the molecule is CCC(CCOC)c1ccc2cc(/C=C/C(=O)O)oc2c1. The van der Waals surface area contributed by atoms with Gasteiger partial charge in [0.1, 0.15) is 11.3 Å². The maximum atomic E-state index is 10.5. The number of carbonyl (C=O) groups is 1. The first-order chi connectivity index (χ1) is 10.1. The Labute approximate surface area is 124 Å². The summed E-state index contributed by atoms with van der Waals surface area (Å²) in [7, 11) is 1.71. The van der Waals surface area contributed by atoms with Gasteiger partial charge in [0.05, 0.1) is 0 Å². The fourth-order valence-corrected chi connectivity index (χ4v) is 2.42. The number of carboxylic acids is 1. The van der Waals surface area contributed by atoms with Crippen LogP contribution in [-0.4, -0.2) is 24.8 Å². The summed E-state index contributed by atoms with van der Waals surface area (Å²) in [6.45, 7) is 2.90. The average Bonchev–Trinajstić information content (AvgIpc) is 2.88. The van der Waals surface area contributed by atoms with E-state index in [0.29, 0.717) is 11.7 Å². The molecule has 0 aliphatic heterocycles. The van der Waals surface area contributed by atoms with Gasteiger partial charge < -0.3 is 14.3 Å². The minimum atomic E-state index is -0.984. The van der Waals surface area contributed by atoms with E-state index < -0.39 is 5.97 Å². The molecule has 0 fully saturated rings. The van der Waals surface area contributed by atoms with E-state index in [-0.39, 0.29) is 0 Å². The summed E-state index contributed by atoms with van der Waals surface area (Å²) >= 11 is 0. The monoisotopic (exact) mass is 288 g/mol. The molecule has 0 amide bonds. The van der Waals surface area contributed by atoms with E-state index in [1.165, 1.54) is 11.6 Å². The van der Waals surface area contributed by atoms with Crippen LogP contribution in [0, 0.1) is 0 Å². The van der Waals surface area contributed by atoms with E-state index in [9.17, 15) is 4.79 Å². The van der Waals surface area contributed by atoms with Crippen LogP contribution in [0.3, 0.4) is 0 Å². The van der Waals surface area contributed by atoms with Crippen molar-refractivity contribution in [3.05, 3.63) is 41.7 Å². The van der Waals surface area contributed by atoms with E-state index in [2.05, 4.69) is 13.0 Å². The van der Waals surface area contributed by atoms with Crippen molar-refractivity contribution in [2.24, 2.45) is 0 Å². The number of aliphatic carboxylic acids is 1. The van der Waals surface area contributed by atoms with Gasteiger partial charge in [-0.2, -0.15) is 0 Å². The summed E-state index contributed by atoms with van der Waals surface area (Å²) in [6.07, 6.45) is 4.56. The summed E-state index contributed by atoms with van der Waals surface area (Å²) in [6, 6.07) is 8.00. The number of benzene rings is 1. The highest BCUT2D eigenvalue weighted by Crippen LogP contribution is 2.28. The Hall–Kier alpha value is -2.07. The van der Waals surface area contributed by atoms with Crippen LogP contribution in [0.25, 0.3) is 17.0 Å². The van der Waals surface area contributed by atoms with Crippen LogP contribution in [0.5, 0.6) is 0 Å². The minimum absolute atomic E-state index is 0.442. The lowest BCUT2D eigenvalue weighted by atomic mass is 9.93. The fraction of sp³-hybridized carbons (Fsp3) is 0.353. The Bertz CT molecular complexity index is 639. The van der Waals surface area contributed by atoms with E-state index in [1.807, 2.05) is 18.2 Å². The zero-order chi connectivity index (χ0) is 15.2. The molecule has 1 aromatic carbocycles. The summed E-state index contributed by atoms with van der Waals surface area (Å²) in [4.78, 5) is 10.5. The van der Waals surface area contributed by atoms with Gasteiger partial charge in [0, 0.05) is 25.2 Å². The van der Waals surface area contributed by atoms with E-state index in [4.69, 9.17) is 14.3 Å². The lowest BCUT2D eigenvalue weighted by molar-refractivity contribution is -0.131. The van der Waals surface area contributed by atoms with Crippen LogP contribution in [0.15, 0.2) is 34.8 Å². The van der Waals surface area contributed by atoms with Crippen LogP contribution >= 0.6 is 0 Å². The number of fused-ring (bicyclic) bond motifs is 1. The number of carboxylic acid groups (broad SMARTS) is 1. The third kappa shape index (κ3) is 3.95. The van der Waals surface area contributed by atoms with E-state index >= 15 is 0 Å². The second-order valence-corrected chi connectivity index (χ2v) is 5.00. The summed E-state index contributed by atoms with van der Waals surface area (Å²) in [5, 5.41) is 9.62. The smallest absolute Gasteiger partial charge is 0.328 e. The molecule has 0 aliphatic rings. The molecule has 2 rings (SSSR count). The van der Waals surface area contributed by atoms with Crippen molar-refractivity contribution in [2.45, 2.75) is 25.7 Å². The largest absolute Gasteiger partial charge is 0.478 e. The van der Waals surface area contributed by atoms with Crippen molar-refractivity contribution in [2.75, 3.05) is 13.7 Å². The second-order valence-electron chi connectivity index (χ2n) is 5.00. The normalized spacial score (nSPS) is 13.0. The Morgan fingerprint density at radius 1 is 1.43 bits per heavy atom. The second kappa shape index (κ2) is 7.09. The van der Waals surface area contributed by atoms with Crippen molar-refractivity contribution >= 4 is 23.0 Å². The third-order valence-corrected chi connectivity index (χ3v) is 3.59.